The van der Waals surface area contributed by atoms with Gasteiger partial charge in [0.1, 0.15) is 23.0 Å². The molecule has 7 nitrogen and oxygen atoms in total. The number of carbonyl (C=O) groups excluding carboxylic acids is 1. The molecule has 2 aromatic rings. The van der Waals surface area contributed by atoms with Crippen LogP contribution in [0.4, 0.5) is 11.5 Å². The number of rotatable bonds is 3. The summed E-state index contributed by atoms with van der Waals surface area (Å²) >= 11 is 5.72. The zero-order valence-corrected chi connectivity index (χ0v) is 11.3. The summed E-state index contributed by atoms with van der Waals surface area (Å²) in [5.74, 6) is -0.0781. The second kappa shape index (κ2) is 5.23. The van der Waals surface area contributed by atoms with Crippen molar-refractivity contribution in [2.24, 2.45) is 7.05 Å². The Kier molecular flexibility index (Phi) is 3.66. The lowest BCUT2D eigenvalue weighted by Crippen LogP contribution is -2.18. The van der Waals surface area contributed by atoms with E-state index in [1.807, 2.05) is 6.92 Å². The minimum atomic E-state index is -0.387. The Bertz CT molecular complexity index is 624. The first kappa shape index (κ1) is 13.3. The smallest absolute Gasteiger partial charge is 0.277 e. The number of hydrogen-bond donors (Lipinski definition) is 2. The van der Waals surface area contributed by atoms with Gasteiger partial charge in [-0.1, -0.05) is 18.5 Å². The molecule has 0 aliphatic carbocycles. The summed E-state index contributed by atoms with van der Waals surface area (Å²) in [7, 11) is 1.66. The summed E-state index contributed by atoms with van der Waals surface area (Å²) in [6, 6.07) is 1.45. The minimum absolute atomic E-state index is 0.248. The summed E-state index contributed by atoms with van der Waals surface area (Å²) in [5, 5.41) is 7.03. The molecular weight excluding hydrogens is 268 g/mol. The molecule has 3 N–H and O–H groups in total. The van der Waals surface area contributed by atoms with Gasteiger partial charge in [-0.15, -0.1) is 0 Å². The van der Waals surface area contributed by atoms with E-state index in [9.17, 15) is 4.79 Å². The number of anilines is 2. The lowest BCUT2D eigenvalue weighted by atomic mass is 10.2. The van der Waals surface area contributed by atoms with Gasteiger partial charge in [0.15, 0.2) is 0 Å². The van der Waals surface area contributed by atoms with Gasteiger partial charge in [-0.25, -0.2) is 9.97 Å². The second-order valence-electron chi connectivity index (χ2n) is 3.87. The van der Waals surface area contributed by atoms with Crippen LogP contribution >= 0.6 is 11.6 Å². The summed E-state index contributed by atoms with van der Waals surface area (Å²) in [6.45, 7) is 1.92. The maximum absolute atomic E-state index is 12.1. The van der Waals surface area contributed by atoms with Crippen LogP contribution in [0, 0.1) is 0 Å². The normalized spacial score (nSPS) is 10.5. The average Bonchev–Trinajstić information content (AvgIpc) is 2.64. The molecule has 0 unspecified atom stereocenters. The van der Waals surface area contributed by atoms with E-state index < -0.39 is 0 Å². The zero-order chi connectivity index (χ0) is 14.0. The van der Waals surface area contributed by atoms with Crippen LogP contribution in [0.3, 0.4) is 0 Å². The van der Waals surface area contributed by atoms with E-state index in [1.54, 1.807) is 7.05 Å². The quantitative estimate of drug-likeness (QED) is 0.825. The van der Waals surface area contributed by atoms with Crippen molar-refractivity contribution in [3.05, 3.63) is 28.9 Å². The fourth-order valence-electron chi connectivity index (χ4n) is 1.70. The van der Waals surface area contributed by atoms with Crippen LogP contribution in [0.15, 0.2) is 12.4 Å². The van der Waals surface area contributed by atoms with Crippen molar-refractivity contribution in [2.75, 3.05) is 11.1 Å². The van der Waals surface area contributed by atoms with E-state index in [0.29, 0.717) is 29.3 Å². The van der Waals surface area contributed by atoms with Crippen molar-refractivity contribution in [1.82, 2.24) is 19.7 Å². The Morgan fingerprint density at radius 2 is 2.26 bits per heavy atom. The molecule has 19 heavy (non-hydrogen) atoms. The largest absolute Gasteiger partial charge is 0.395 e. The summed E-state index contributed by atoms with van der Waals surface area (Å²) in [5.41, 5.74) is 7.26. The highest BCUT2D eigenvalue weighted by Crippen LogP contribution is 2.18. The van der Waals surface area contributed by atoms with Crippen molar-refractivity contribution in [2.45, 2.75) is 13.3 Å². The van der Waals surface area contributed by atoms with Crippen molar-refractivity contribution in [3.63, 3.8) is 0 Å². The van der Waals surface area contributed by atoms with Crippen LogP contribution in [0.25, 0.3) is 0 Å². The van der Waals surface area contributed by atoms with Gasteiger partial charge in [0.25, 0.3) is 5.91 Å². The maximum Gasteiger partial charge on any atom is 0.277 e. The molecule has 0 atom stereocenters. The van der Waals surface area contributed by atoms with E-state index in [-0.39, 0.29) is 11.1 Å². The van der Waals surface area contributed by atoms with Gasteiger partial charge in [0, 0.05) is 13.1 Å². The van der Waals surface area contributed by atoms with Crippen LogP contribution in [0.5, 0.6) is 0 Å². The minimum Gasteiger partial charge on any atom is -0.395 e. The van der Waals surface area contributed by atoms with Crippen molar-refractivity contribution in [3.8, 4) is 0 Å². The van der Waals surface area contributed by atoms with Crippen LogP contribution in [0.1, 0.15) is 23.1 Å². The summed E-state index contributed by atoms with van der Waals surface area (Å²) in [4.78, 5) is 19.8. The molecular formula is C11H13ClN6O. The molecule has 0 saturated heterocycles. The van der Waals surface area contributed by atoms with E-state index in [4.69, 9.17) is 17.3 Å². The zero-order valence-electron chi connectivity index (χ0n) is 10.5. The molecule has 8 heteroatoms. The standard InChI is InChI=1S/C11H13ClN6O/c1-3-6-9(13)10(18(2)17-6)11(19)16-8-4-7(12)14-5-15-8/h4-5H,3,13H2,1-2H3,(H,14,15,16,19). The Hall–Kier alpha value is -2.15. The van der Waals surface area contributed by atoms with E-state index in [2.05, 4.69) is 20.4 Å². The Balaban J connectivity index is 2.28. The number of aryl methyl sites for hydroxylation is 2. The van der Waals surface area contributed by atoms with Crippen LogP contribution < -0.4 is 11.1 Å². The van der Waals surface area contributed by atoms with Gasteiger partial charge < -0.3 is 11.1 Å². The van der Waals surface area contributed by atoms with Crippen LogP contribution in [-0.4, -0.2) is 25.7 Å². The molecule has 2 rings (SSSR count). The molecule has 0 aliphatic rings. The van der Waals surface area contributed by atoms with E-state index in [0.717, 1.165) is 0 Å². The lowest BCUT2D eigenvalue weighted by molar-refractivity contribution is 0.101. The molecule has 0 radical (unpaired) electrons. The number of nitrogens with one attached hydrogen (secondary N) is 1. The predicted molar refractivity (Wildman–Crippen MR) is 72.0 cm³/mol. The number of nitrogens with two attached hydrogens (primary N) is 1. The van der Waals surface area contributed by atoms with Gasteiger partial charge in [-0.3, -0.25) is 9.48 Å². The number of nitrogen functional groups attached to an aromatic ring is 1. The SMILES string of the molecule is CCc1nn(C)c(C(=O)Nc2cc(Cl)ncn2)c1N. The van der Waals surface area contributed by atoms with E-state index in [1.165, 1.54) is 17.1 Å². The maximum atomic E-state index is 12.1. The highest BCUT2D eigenvalue weighted by Gasteiger charge is 2.19. The van der Waals surface area contributed by atoms with Crippen molar-refractivity contribution in [1.29, 1.82) is 0 Å². The first-order valence-electron chi connectivity index (χ1n) is 5.63. The van der Waals surface area contributed by atoms with Crippen molar-refractivity contribution >= 4 is 29.0 Å². The predicted octanol–water partition coefficient (Wildman–Crippen LogP) is 1.26. The third kappa shape index (κ3) is 2.65. The number of aromatic nitrogens is 4. The molecule has 1 amide bonds. The van der Waals surface area contributed by atoms with Crippen LogP contribution in [-0.2, 0) is 13.5 Å². The van der Waals surface area contributed by atoms with Gasteiger partial charge >= 0.3 is 0 Å². The third-order valence-corrected chi connectivity index (χ3v) is 2.79. The summed E-state index contributed by atoms with van der Waals surface area (Å²) in [6.07, 6.45) is 1.92. The number of hydrogen-bond acceptors (Lipinski definition) is 5. The van der Waals surface area contributed by atoms with Gasteiger partial charge in [0.05, 0.1) is 11.4 Å². The van der Waals surface area contributed by atoms with Crippen molar-refractivity contribution < 1.29 is 4.79 Å². The molecule has 0 aromatic carbocycles. The Labute approximate surface area is 114 Å². The highest BCUT2D eigenvalue weighted by atomic mass is 35.5. The fourth-order valence-corrected chi connectivity index (χ4v) is 1.85. The molecule has 0 spiro atoms. The second-order valence-corrected chi connectivity index (χ2v) is 4.25. The Morgan fingerprint density at radius 3 is 2.84 bits per heavy atom. The number of nitrogens with zero attached hydrogens (tertiary/aromatic N) is 4. The molecule has 2 heterocycles. The number of amides is 1. The molecule has 0 bridgehead atoms. The summed E-state index contributed by atoms with van der Waals surface area (Å²) < 4.78 is 1.45. The highest BCUT2D eigenvalue weighted by molar-refractivity contribution is 6.29. The Morgan fingerprint density at radius 1 is 1.53 bits per heavy atom. The fraction of sp³-hybridized carbons (Fsp3) is 0.273. The molecule has 0 fully saturated rings. The van der Waals surface area contributed by atoms with Gasteiger partial charge in [0.2, 0.25) is 0 Å². The first-order chi connectivity index (χ1) is 9.02. The topological polar surface area (TPSA) is 98.7 Å². The monoisotopic (exact) mass is 280 g/mol. The van der Waals surface area contributed by atoms with E-state index >= 15 is 0 Å². The third-order valence-electron chi connectivity index (χ3n) is 2.59. The number of carbonyl (C=O) groups is 1. The van der Waals surface area contributed by atoms with Crippen LogP contribution in [0.2, 0.25) is 5.15 Å². The molecule has 2 aromatic heterocycles. The molecule has 0 aliphatic heterocycles. The first-order valence-corrected chi connectivity index (χ1v) is 6.01. The molecule has 100 valence electrons. The lowest BCUT2D eigenvalue weighted by Gasteiger charge is -2.05. The van der Waals surface area contributed by atoms with Gasteiger partial charge in [-0.2, -0.15) is 5.10 Å². The number of halogens is 1. The average molecular weight is 281 g/mol. The van der Waals surface area contributed by atoms with Gasteiger partial charge in [-0.05, 0) is 6.42 Å². The molecule has 0 saturated carbocycles.